The van der Waals surface area contributed by atoms with Crippen LogP contribution in [0.15, 0.2) is 24.3 Å². The number of amides is 1. The van der Waals surface area contributed by atoms with E-state index in [0.29, 0.717) is 13.0 Å². The number of hydrogen-bond donors (Lipinski definition) is 1. The Morgan fingerprint density at radius 3 is 2.50 bits per heavy atom. The molecule has 0 aliphatic carbocycles. The molecule has 0 fully saturated rings. The number of likely N-dealkylation sites (N-methyl/N-ethyl adjacent to an activating group) is 1. The lowest BCUT2D eigenvalue weighted by molar-refractivity contribution is -0.123. The van der Waals surface area contributed by atoms with Gasteiger partial charge in [0.05, 0.1) is 6.04 Å². The van der Waals surface area contributed by atoms with Crippen LogP contribution < -0.4 is 5.32 Å². The molecule has 0 spiro atoms. The Bertz CT molecular complexity index is 452. The van der Waals surface area contributed by atoms with Crippen LogP contribution in [-0.2, 0) is 4.79 Å². The predicted molar refractivity (Wildman–Crippen MR) is 79.9 cm³/mol. The third kappa shape index (κ3) is 5.70. The Morgan fingerprint density at radius 1 is 1.35 bits per heavy atom. The summed E-state index contributed by atoms with van der Waals surface area (Å²) in [5.41, 5.74) is 0.836. The molecule has 1 atom stereocenters. The molecule has 1 aromatic carbocycles. The van der Waals surface area contributed by atoms with Crippen LogP contribution in [0, 0.1) is 11.2 Å². The largest absolute Gasteiger partial charge is 0.354 e. The number of carbonyl (C=O) groups excluding carboxylic acids is 1. The minimum Gasteiger partial charge on any atom is -0.354 e. The second-order valence-corrected chi connectivity index (χ2v) is 6.58. The zero-order valence-corrected chi connectivity index (χ0v) is 13.0. The minimum atomic E-state index is -0.254. The molecule has 1 amide bonds. The normalized spacial score (nSPS) is 13.3. The van der Waals surface area contributed by atoms with Gasteiger partial charge in [-0.3, -0.25) is 4.79 Å². The molecule has 0 bridgehead atoms. The molecule has 0 heterocycles. The highest BCUT2D eigenvalue weighted by molar-refractivity contribution is 5.76. The van der Waals surface area contributed by atoms with E-state index in [1.165, 1.54) is 12.1 Å². The van der Waals surface area contributed by atoms with Crippen LogP contribution in [-0.4, -0.2) is 31.4 Å². The Hall–Kier alpha value is -1.42. The van der Waals surface area contributed by atoms with Gasteiger partial charge < -0.3 is 10.2 Å². The summed E-state index contributed by atoms with van der Waals surface area (Å²) >= 11 is 0. The number of halogens is 1. The van der Waals surface area contributed by atoms with Gasteiger partial charge in [0.25, 0.3) is 0 Å². The number of rotatable bonds is 5. The van der Waals surface area contributed by atoms with E-state index in [9.17, 15) is 9.18 Å². The maximum absolute atomic E-state index is 13.3. The fourth-order valence-corrected chi connectivity index (χ4v) is 2.07. The summed E-state index contributed by atoms with van der Waals surface area (Å²) < 4.78 is 13.3. The van der Waals surface area contributed by atoms with Crippen LogP contribution in [0.4, 0.5) is 4.39 Å². The zero-order chi connectivity index (χ0) is 15.3. The van der Waals surface area contributed by atoms with Gasteiger partial charge in [0.2, 0.25) is 5.91 Å². The minimum absolute atomic E-state index is 0.0285. The fourth-order valence-electron chi connectivity index (χ4n) is 2.07. The molecule has 0 aromatic heterocycles. The van der Waals surface area contributed by atoms with Gasteiger partial charge in [-0.1, -0.05) is 32.9 Å². The first-order valence-corrected chi connectivity index (χ1v) is 6.87. The van der Waals surface area contributed by atoms with Crippen LogP contribution >= 0.6 is 0 Å². The number of nitrogens with zero attached hydrogens (tertiary/aromatic N) is 1. The van der Waals surface area contributed by atoms with Crippen molar-refractivity contribution in [1.29, 1.82) is 0 Å². The van der Waals surface area contributed by atoms with E-state index in [4.69, 9.17) is 0 Å². The van der Waals surface area contributed by atoms with Crippen molar-refractivity contribution >= 4 is 5.91 Å². The maximum atomic E-state index is 13.3. The monoisotopic (exact) mass is 280 g/mol. The lowest BCUT2D eigenvalue weighted by Gasteiger charge is -2.26. The summed E-state index contributed by atoms with van der Waals surface area (Å²) in [7, 11) is 3.84. The average molecular weight is 280 g/mol. The summed E-state index contributed by atoms with van der Waals surface area (Å²) in [4.78, 5) is 13.9. The van der Waals surface area contributed by atoms with E-state index in [0.717, 1.165) is 5.56 Å². The van der Waals surface area contributed by atoms with E-state index in [1.54, 1.807) is 6.07 Å². The first-order chi connectivity index (χ1) is 9.19. The Morgan fingerprint density at radius 2 is 2.00 bits per heavy atom. The maximum Gasteiger partial charge on any atom is 0.220 e. The first-order valence-electron chi connectivity index (χ1n) is 6.87. The SMILES string of the molecule is CN(C)C(CNC(=O)CC(C)(C)C)c1cccc(F)c1. The number of carbonyl (C=O) groups is 1. The lowest BCUT2D eigenvalue weighted by Crippen LogP contribution is -2.36. The quantitative estimate of drug-likeness (QED) is 0.899. The number of benzene rings is 1. The van der Waals surface area contributed by atoms with Gasteiger partial charge in [0, 0.05) is 13.0 Å². The Kier molecular flexibility index (Phi) is 5.69. The molecule has 0 aliphatic rings. The molecule has 1 unspecified atom stereocenters. The smallest absolute Gasteiger partial charge is 0.220 e. The summed E-state index contributed by atoms with van der Waals surface area (Å²) in [5, 5.41) is 2.94. The van der Waals surface area contributed by atoms with Crippen molar-refractivity contribution in [2.24, 2.45) is 5.41 Å². The van der Waals surface area contributed by atoms with Crippen LogP contribution in [0.1, 0.15) is 38.8 Å². The van der Waals surface area contributed by atoms with E-state index >= 15 is 0 Å². The van der Waals surface area contributed by atoms with E-state index in [-0.39, 0.29) is 23.2 Å². The number of hydrogen-bond acceptors (Lipinski definition) is 2. The third-order valence-electron chi connectivity index (χ3n) is 3.04. The van der Waals surface area contributed by atoms with Crippen molar-refractivity contribution in [2.45, 2.75) is 33.2 Å². The summed E-state index contributed by atoms with van der Waals surface area (Å²) in [6.07, 6.45) is 0.482. The molecule has 1 rings (SSSR count). The molecular weight excluding hydrogens is 255 g/mol. The van der Waals surface area contributed by atoms with Crippen molar-refractivity contribution in [1.82, 2.24) is 10.2 Å². The third-order valence-corrected chi connectivity index (χ3v) is 3.04. The van der Waals surface area contributed by atoms with Gasteiger partial charge in [0.15, 0.2) is 0 Å². The van der Waals surface area contributed by atoms with E-state index in [2.05, 4.69) is 5.32 Å². The van der Waals surface area contributed by atoms with Gasteiger partial charge >= 0.3 is 0 Å². The van der Waals surface area contributed by atoms with Gasteiger partial charge in [-0.25, -0.2) is 4.39 Å². The standard InChI is InChI=1S/C16H25FN2O/c1-16(2,3)10-15(20)18-11-14(19(4)5)12-7-6-8-13(17)9-12/h6-9,14H,10-11H2,1-5H3,(H,18,20). The van der Waals surface area contributed by atoms with E-state index in [1.807, 2.05) is 45.8 Å². The van der Waals surface area contributed by atoms with Crippen molar-refractivity contribution in [2.75, 3.05) is 20.6 Å². The van der Waals surface area contributed by atoms with Crippen molar-refractivity contribution in [3.8, 4) is 0 Å². The molecule has 3 nitrogen and oxygen atoms in total. The van der Waals surface area contributed by atoms with Crippen molar-refractivity contribution in [3.63, 3.8) is 0 Å². The highest BCUT2D eigenvalue weighted by Gasteiger charge is 2.19. The van der Waals surface area contributed by atoms with Crippen LogP contribution in [0.25, 0.3) is 0 Å². The molecule has 20 heavy (non-hydrogen) atoms. The predicted octanol–water partition coefficient (Wildman–Crippen LogP) is 2.98. The number of nitrogens with one attached hydrogen (secondary N) is 1. The Balaban J connectivity index is 2.68. The van der Waals surface area contributed by atoms with Crippen molar-refractivity contribution < 1.29 is 9.18 Å². The molecular formula is C16H25FN2O. The van der Waals surface area contributed by atoms with Crippen LogP contribution in [0.5, 0.6) is 0 Å². The molecule has 0 aliphatic heterocycles. The average Bonchev–Trinajstić information content (AvgIpc) is 2.26. The highest BCUT2D eigenvalue weighted by Crippen LogP contribution is 2.20. The second-order valence-electron chi connectivity index (χ2n) is 6.58. The fraction of sp³-hybridized carbons (Fsp3) is 0.562. The summed E-state index contributed by atoms with van der Waals surface area (Å²) in [5.74, 6) is -0.226. The second kappa shape index (κ2) is 6.84. The van der Waals surface area contributed by atoms with Gasteiger partial charge in [-0.05, 0) is 37.2 Å². The van der Waals surface area contributed by atoms with Crippen LogP contribution in [0.2, 0.25) is 0 Å². The van der Waals surface area contributed by atoms with Gasteiger partial charge in [0.1, 0.15) is 5.82 Å². The lowest BCUT2D eigenvalue weighted by atomic mass is 9.92. The molecule has 112 valence electrons. The molecule has 1 aromatic rings. The molecule has 0 saturated carbocycles. The highest BCUT2D eigenvalue weighted by atomic mass is 19.1. The topological polar surface area (TPSA) is 32.3 Å². The van der Waals surface area contributed by atoms with Crippen LogP contribution in [0.3, 0.4) is 0 Å². The van der Waals surface area contributed by atoms with E-state index < -0.39 is 0 Å². The molecule has 0 saturated heterocycles. The Labute approximate surface area is 121 Å². The summed E-state index contributed by atoms with van der Waals surface area (Å²) in [6, 6.07) is 6.48. The molecule has 4 heteroatoms. The van der Waals surface area contributed by atoms with Gasteiger partial charge in [-0.2, -0.15) is 0 Å². The van der Waals surface area contributed by atoms with Gasteiger partial charge in [-0.15, -0.1) is 0 Å². The summed E-state index contributed by atoms with van der Waals surface area (Å²) in [6.45, 7) is 6.57. The molecule has 0 radical (unpaired) electrons. The first kappa shape index (κ1) is 16.6. The zero-order valence-electron chi connectivity index (χ0n) is 13.0. The van der Waals surface area contributed by atoms with Crippen molar-refractivity contribution in [3.05, 3.63) is 35.6 Å². The molecule has 1 N–H and O–H groups in total.